The summed E-state index contributed by atoms with van der Waals surface area (Å²) in [6.07, 6.45) is 0.976. The number of amides is 2. The van der Waals surface area contributed by atoms with Crippen molar-refractivity contribution in [2.45, 2.75) is 80.4 Å². The number of anilines is 1. The van der Waals surface area contributed by atoms with Crippen LogP contribution in [0.2, 0.25) is 0 Å². The van der Waals surface area contributed by atoms with Gasteiger partial charge in [0.2, 0.25) is 5.91 Å². The third-order valence-corrected chi connectivity index (χ3v) is 4.60. The van der Waals surface area contributed by atoms with E-state index in [4.69, 9.17) is 4.74 Å². The summed E-state index contributed by atoms with van der Waals surface area (Å²) < 4.78 is 5.51. The normalized spacial score (nSPS) is 14.6. The zero-order valence-electron chi connectivity index (χ0n) is 18.1. The highest BCUT2D eigenvalue weighted by molar-refractivity contribution is 5.93. The first-order valence-electron chi connectivity index (χ1n) is 9.66. The molecule has 1 heterocycles. The van der Waals surface area contributed by atoms with Gasteiger partial charge in [-0.3, -0.25) is 4.79 Å². The lowest BCUT2D eigenvalue weighted by molar-refractivity contribution is -0.117. The Morgan fingerprint density at radius 2 is 1.78 bits per heavy atom. The van der Waals surface area contributed by atoms with E-state index in [2.05, 4.69) is 39.1 Å². The van der Waals surface area contributed by atoms with Crippen LogP contribution in [0.5, 0.6) is 0 Å². The number of aryl methyl sites for hydroxylation is 1. The van der Waals surface area contributed by atoms with E-state index in [0.717, 1.165) is 28.8 Å². The van der Waals surface area contributed by atoms with Gasteiger partial charge in [0.05, 0.1) is 0 Å². The van der Waals surface area contributed by atoms with Crippen molar-refractivity contribution < 1.29 is 14.3 Å². The van der Waals surface area contributed by atoms with Gasteiger partial charge < -0.3 is 15.0 Å². The predicted molar refractivity (Wildman–Crippen MR) is 109 cm³/mol. The standard InChI is InChI=1S/C22H34N2O3/c1-14-11-16-13-24(20(26)27-22(6,7)8)10-9-17(16)15(2)19(14)23-18(25)12-21(3,4)5/h11H,9-10,12-13H2,1-8H3,(H,23,25). The summed E-state index contributed by atoms with van der Waals surface area (Å²) in [6, 6.07) is 2.09. The van der Waals surface area contributed by atoms with Gasteiger partial charge in [-0.15, -0.1) is 0 Å². The van der Waals surface area contributed by atoms with Crippen LogP contribution < -0.4 is 5.32 Å². The van der Waals surface area contributed by atoms with E-state index < -0.39 is 5.60 Å². The quantitative estimate of drug-likeness (QED) is 0.795. The van der Waals surface area contributed by atoms with Crippen LogP contribution in [0.15, 0.2) is 6.07 Å². The minimum atomic E-state index is -0.496. The Morgan fingerprint density at radius 3 is 2.33 bits per heavy atom. The molecule has 1 aromatic carbocycles. The number of fused-ring (bicyclic) bond motifs is 1. The number of hydrogen-bond donors (Lipinski definition) is 1. The van der Waals surface area contributed by atoms with Crippen LogP contribution in [-0.4, -0.2) is 29.0 Å². The van der Waals surface area contributed by atoms with Crippen LogP contribution in [0.4, 0.5) is 10.5 Å². The van der Waals surface area contributed by atoms with E-state index in [1.807, 2.05) is 27.7 Å². The van der Waals surface area contributed by atoms with Gasteiger partial charge in [0.25, 0.3) is 0 Å². The molecular formula is C22H34N2O3. The van der Waals surface area contributed by atoms with Crippen LogP contribution in [0.25, 0.3) is 0 Å². The van der Waals surface area contributed by atoms with Crippen molar-refractivity contribution in [3.05, 3.63) is 28.3 Å². The van der Waals surface area contributed by atoms with Gasteiger partial charge in [-0.25, -0.2) is 4.79 Å². The Labute approximate surface area is 163 Å². The van der Waals surface area contributed by atoms with Crippen molar-refractivity contribution >= 4 is 17.7 Å². The smallest absolute Gasteiger partial charge is 0.410 e. The van der Waals surface area contributed by atoms with Gasteiger partial charge >= 0.3 is 6.09 Å². The maximum absolute atomic E-state index is 12.4. The van der Waals surface area contributed by atoms with E-state index in [-0.39, 0.29) is 17.4 Å². The van der Waals surface area contributed by atoms with Gasteiger partial charge in [0.15, 0.2) is 0 Å². The lowest BCUT2D eigenvalue weighted by atomic mass is 9.90. The Hall–Kier alpha value is -2.04. The second kappa shape index (κ2) is 7.53. The van der Waals surface area contributed by atoms with Gasteiger partial charge in [0, 0.05) is 25.2 Å². The molecule has 5 nitrogen and oxygen atoms in total. The molecule has 0 spiro atoms. The molecule has 5 heteroatoms. The second-order valence-electron chi connectivity index (χ2n) is 9.77. The largest absolute Gasteiger partial charge is 0.444 e. The summed E-state index contributed by atoms with van der Waals surface area (Å²) in [5.41, 5.74) is 4.87. The van der Waals surface area contributed by atoms with Crippen LogP contribution >= 0.6 is 0 Å². The van der Waals surface area contributed by atoms with Gasteiger partial charge in [-0.05, 0) is 68.7 Å². The van der Waals surface area contributed by atoms with E-state index in [1.165, 1.54) is 5.56 Å². The van der Waals surface area contributed by atoms with E-state index in [0.29, 0.717) is 19.5 Å². The molecule has 0 bridgehead atoms. The summed E-state index contributed by atoms with van der Waals surface area (Å²) in [5.74, 6) is 0.0415. The molecule has 0 atom stereocenters. The van der Waals surface area contributed by atoms with Crippen LogP contribution in [-0.2, 0) is 22.5 Å². The fraction of sp³-hybridized carbons (Fsp3) is 0.636. The number of hydrogen-bond acceptors (Lipinski definition) is 3. The highest BCUT2D eigenvalue weighted by atomic mass is 16.6. The fourth-order valence-corrected chi connectivity index (χ4v) is 3.47. The topological polar surface area (TPSA) is 58.6 Å². The molecule has 0 saturated heterocycles. The van der Waals surface area contributed by atoms with Crippen molar-refractivity contribution in [2.24, 2.45) is 5.41 Å². The van der Waals surface area contributed by atoms with Crippen LogP contribution in [0.3, 0.4) is 0 Å². The second-order valence-corrected chi connectivity index (χ2v) is 9.77. The molecule has 1 aromatic rings. The van der Waals surface area contributed by atoms with Gasteiger partial charge in [-0.1, -0.05) is 26.8 Å². The number of ether oxygens (including phenoxy) is 1. The highest BCUT2D eigenvalue weighted by Crippen LogP contribution is 2.32. The molecule has 1 aliphatic heterocycles. The molecule has 0 saturated carbocycles. The minimum Gasteiger partial charge on any atom is -0.444 e. The van der Waals surface area contributed by atoms with E-state index in [1.54, 1.807) is 4.90 Å². The molecule has 0 aromatic heterocycles. The van der Waals surface area contributed by atoms with Gasteiger partial charge in [-0.2, -0.15) is 0 Å². The van der Waals surface area contributed by atoms with Gasteiger partial charge in [0.1, 0.15) is 5.60 Å². The molecule has 0 unspecified atom stereocenters. The Bertz CT molecular complexity index is 739. The fourth-order valence-electron chi connectivity index (χ4n) is 3.47. The van der Waals surface area contributed by atoms with Crippen molar-refractivity contribution in [1.29, 1.82) is 0 Å². The average Bonchev–Trinajstić information content (AvgIpc) is 2.47. The van der Waals surface area contributed by atoms with Crippen molar-refractivity contribution in [3.8, 4) is 0 Å². The zero-order chi connectivity index (χ0) is 20.6. The zero-order valence-corrected chi connectivity index (χ0v) is 18.1. The predicted octanol–water partition coefficient (Wildman–Crippen LogP) is 4.97. The number of nitrogens with one attached hydrogen (secondary N) is 1. The third-order valence-electron chi connectivity index (χ3n) is 4.60. The van der Waals surface area contributed by atoms with E-state index >= 15 is 0 Å². The molecule has 0 fully saturated rings. The lowest BCUT2D eigenvalue weighted by Gasteiger charge is -2.33. The first-order valence-corrected chi connectivity index (χ1v) is 9.66. The highest BCUT2D eigenvalue weighted by Gasteiger charge is 2.28. The van der Waals surface area contributed by atoms with E-state index in [9.17, 15) is 9.59 Å². The first-order chi connectivity index (χ1) is 12.3. The summed E-state index contributed by atoms with van der Waals surface area (Å²) >= 11 is 0. The molecule has 2 rings (SSSR count). The summed E-state index contributed by atoms with van der Waals surface area (Å²) in [6.45, 7) is 17.0. The van der Waals surface area contributed by atoms with Crippen molar-refractivity contribution in [2.75, 3.05) is 11.9 Å². The average molecular weight is 375 g/mol. The Kier molecular flexibility index (Phi) is 5.93. The number of carbonyl (C=O) groups is 2. The summed E-state index contributed by atoms with van der Waals surface area (Å²) in [7, 11) is 0. The SMILES string of the molecule is Cc1cc2c(c(C)c1NC(=O)CC(C)(C)C)CCN(C(=O)OC(C)(C)C)C2. The molecule has 150 valence electrons. The van der Waals surface area contributed by atoms with Crippen molar-refractivity contribution in [1.82, 2.24) is 4.90 Å². The number of carbonyl (C=O) groups excluding carboxylic acids is 2. The minimum absolute atomic E-state index is 0.0415. The lowest BCUT2D eigenvalue weighted by Crippen LogP contribution is -2.40. The monoisotopic (exact) mass is 374 g/mol. The number of benzene rings is 1. The number of rotatable bonds is 2. The molecule has 2 amide bonds. The molecule has 1 N–H and O–H groups in total. The van der Waals surface area contributed by atoms with Crippen molar-refractivity contribution in [3.63, 3.8) is 0 Å². The Morgan fingerprint density at radius 1 is 1.15 bits per heavy atom. The molecule has 1 aliphatic rings. The third kappa shape index (κ3) is 5.72. The summed E-state index contributed by atoms with van der Waals surface area (Å²) in [4.78, 5) is 26.5. The number of nitrogens with zero attached hydrogens (tertiary/aromatic N) is 1. The molecule has 0 radical (unpaired) electrons. The van der Waals surface area contributed by atoms with Crippen LogP contribution in [0, 0.1) is 19.3 Å². The molecule has 0 aliphatic carbocycles. The Balaban J connectivity index is 2.20. The van der Waals surface area contributed by atoms with Crippen LogP contribution in [0.1, 0.15) is 70.2 Å². The molecular weight excluding hydrogens is 340 g/mol. The first kappa shape index (κ1) is 21.3. The maximum Gasteiger partial charge on any atom is 0.410 e. The maximum atomic E-state index is 12.4. The molecule has 27 heavy (non-hydrogen) atoms. The summed E-state index contributed by atoms with van der Waals surface area (Å²) in [5, 5.41) is 3.11.